The van der Waals surface area contributed by atoms with E-state index in [-0.39, 0.29) is 5.91 Å². The standard InChI is InChI=1S/C23H29N3O2S/c1-6-25(7-2)12-13-26(22(27)18-10-8-9-11-20(18)28-5)23-24-19-14-16(3)17(4)15-21(19)29-23/h8-11,14-15H,6-7,12-13H2,1-5H3/p+1. The van der Waals surface area contributed by atoms with Crippen LogP contribution in [0.5, 0.6) is 5.75 Å². The molecule has 0 bridgehead atoms. The van der Waals surface area contributed by atoms with Gasteiger partial charge in [0.1, 0.15) is 5.75 Å². The molecule has 0 aliphatic heterocycles. The third-order valence-corrected chi connectivity index (χ3v) is 6.54. The van der Waals surface area contributed by atoms with E-state index in [1.54, 1.807) is 18.4 Å². The number of para-hydroxylation sites is 1. The molecule has 0 aliphatic rings. The molecule has 6 heteroatoms. The quantitative estimate of drug-likeness (QED) is 0.616. The second-order valence-electron chi connectivity index (χ2n) is 7.26. The Balaban J connectivity index is 2.01. The van der Waals surface area contributed by atoms with Gasteiger partial charge in [0.2, 0.25) is 0 Å². The van der Waals surface area contributed by atoms with Crippen LogP contribution >= 0.6 is 11.3 Å². The van der Waals surface area contributed by atoms with Gasteiger partial charge in [-0.25, -0.2) is 4.98 Å². The van der Waals surface area contributed by atoms with Crippen LogP contribution in [0.2, 0.25) is 0 Å². The minimum Gasteiger partial charge on any atom is -0.496 e. The number of carbonyl (C=O) groups excluding carboxylic acids is 1. The lowest BCUT2D eigenvalue weighted by atomic mass is 10.1. The number of likely N-dealkylation sites (N-methyl/N-ethyl adjacent to an activating group) is 1. The fourth-order valence-electron chi connectivity index (χ4n) is 3.41. The summed E-state index contributed by atoms with van der Waals surface area (Å²) in [6, 6.07) is 11.7. The van der Waals surface area contributed by atoms with Crippen LogP contribution in [-0.2, 0) is 0 Å². The first-order chi connectivity index (χ1) is 14.0. The van der Waals surface area contributed by atoms with Gasteiger partial charge in [-0.1, -0.05) is 23.5 Å². The molecule has 0 saturated heterocycles. The number of thiazole rings is 1. The predicted molar refractivity (Wildman–Crippen MR) is 121 cm³/mol. The number of benzene rings is 2. The minimum absolute atomic E-state index is 0.0680. The summed E-state index contributed by atoms with van der Waals surface area (Å²) >= 11 is 1.58. The number of hydrogen-bond donors (Lipinski definition) is 1. The Morgan fingerprint density at radius 1 is 1.14 bits per heavy atom. The topological polar surface area (TPSA) is 46.9 Å². The van der Waals surface area contributed by atoms with E-state index < -0.39 is 0 Å². The number of carbonyl (C=O) groups is 1. The molecular formula is C23H30N3O2S+. The van der Waals surface area contributed by atoms with Crippen LogP contribution in [0.1, 0.15) is 35.3 Å². The van der Waals surface area contributed by atoms with Crippen molar-refractivity contribution in [2.45, 2.75) is 27.7 Å². The van der Waals surface area contributed by atoms with E-state index in [1.807, 2.05) is 29.2 Å². The third-order valence-electron chi connectivity index (χ3n) is 5.50. The van der Waals surface area contributed by atoms with E-state index in [4.69, 9.17) is 9.72 Å². The smallest absolute Gasteiger partial charge is 0.264 e. The molecule has 2 aromatic carbocycles. The van der Waals surface area contributed by atoms with Crippen LogP contribution in [0.25, 0.3) is 10.2 Å². The van der Waals surface area contributed by atoms with Crippen LogP contribution in [0.3, 0.4) is 0 Å². The highest BCUT2D eigenvalue weighted by atomic mass is 32.1. The molecule has 3 rings (SSSR count). The molecule has 0 atom stereocenters. The molecule has 3 aromatic rings. The number of aryl methyl sites for hydroxylation is 2. The van der Waals surface area contributed by atoms with E-state index in [9.17, 15) is 4.79 Å². The zero-order valence-corrected chi connectivity index (χ0v) is 18.7. The lowest BCUT2D eigenvalue weighted by Crippen LogP contribution is -3.12. The van der Waals surface area contributed by atoms with Gasteiger partial charge in [0, 0.05) is 0 Å². The average molecular weight is 413 g/mol. The number of ether oxygens (including phenoxy) is 1. The van der Waals surface area contributed by atoms with Gasteiger partial charge >= 0.3 is 0 Å². The molecule has 0 spiro atoms. The first-order valence-electron chi connectivity index (χ1n) is 10.1. The molecule has 1 N–H and O–H groups in total. The first kappa shape index (κ1) is 21.3. The fourth-order valence-corrected chi connectivity index (χ4v) is 4.48. The summed E-state index contributed by atoms with van der Waals surface area (Å²) in [6.07, 6.45) is 0. The van der Waals surface area contributed by atoms with Gasteiger partial charge in [-0.2, -0.15) is 0 Å². The van der Waals surface area contributed by atoms with Gasteiger partial charge in [0.15, 0.2) is 5.13 Å². The summed E-state index contributed by atoms with van der Waals surface area (Å²) in [5.41, 5.74) is 3.96. The maximum atomic E-state index is 13.5. The largest absolute Gasteiger partial charge is 0.496 e. The SMILES string of the molecule is CC[NH+](CC)CCN(C(=O)c1ccccc1OC)c1nc2cc(C)c(C)cc2s1. The third kappa shape index (κ3) is 4.60. The Kier molecular flexibility index (Phi) is 6.87. The highest BCUT2D eigenvalue weighted by Gasteiger charge is 2.25. The van der Waals surface area contributed by atoms with Crippen molar-refractivity contribution in [2.24, 2.45) is 0 Å². The van der Waals surface area contributed by atoms with Crippen molar-refractivity contribution in [3.05, 3.63) is 53.1 Å². The van der Waals surface area contributed by atoms with E-state index in [2.05, 4.69) is 39.8 Å². The van der Waals surface area contributed by atoms with Gasteiger partial charge in [-0.05, 0) is 63.1 Å². The number of quaternary nitrogens is 1. The summed E-state index contributed by atoms with van der Waals surface area (Å²) in [6.45, 7) is 12.1. The van der Waals surface area contributed by atoms with E-state index >= 15 is 0 Å². The van der Waals surface area contributed by atoms with Crippen LogP contribution in [0, 0.1) is 13.8 Å². The molecule has 0 radical (unpaired) electrons. The number of hydrogen-bond acceptors (Lipinski definition) is 4. The lowest BCUT2D eigenvalue weighted by Gasteiger charge is -2.23. The predicted octanol–water partition coefficient (Wildman–Crippen LogP) is 3.49. The fraction of sp³-hybridized carbons (Fsp3) is 0.391. The monoisotopic (exact) mass is 412 g/mol. The number of nitrogens with one attached hydrogen (secondary N) is 1. The number of anilines is 1. The van der Waals surface area contributed by atoms with Gasteiger partial charge in [-0.15, -0.1) is 0 Å². The molecule has 1 amide bonds. The van der Waals surface area contributed by atoms with Crippen molar-refractivity contribution < 1.29 is 14.4 Å². The van der Waals surface area contributed by atoms with Crippen LogP contribution in [-0.4, -0.2) is 44.2 Å². The van der Waals surface area contributed by atoms with E-state index in [1.165, 1.54) is 16.0 Å². The van der Waals surface area contributed by atoms with Crippen LogP contribution in [0.15, 0.2) is 36.4 Å². The maximum Gasteiger partial charge on any atom is 0.264 e. The molecule has 0 fully saturated rings. The normalized spacial score (nSPS) is 11.2. The van der Waals surface area contributed by atoms with Crippen molar-refractivity contribution in [1.82, 2.24) is 4.98 Å². The molecule has 0 unspecified atom stereocenters. The highest BCUT2D eigenvalue weighted by Crippen LogP contribution is 2.32. The van der Waals surface area contributed by atoms with Crippen molar-refractivity contribution in [3.8, 4) is 5.75 Å². The molecular weight excluding hydrogens is 382 g/mol. The van der Waals surface area contributed by atoms with Gasteiger partial charge < -0.3 is 9.64 Å². The second-order valence-corrected chi connectivity index (χ2v) is 8.27. The molecule has 0 aliphatic carbocycles. The summed E-state index contributed by atoms with van der Waals surface area (Å²) < 4.78 is 6.55. The van der Waals surface area contributed by atoms with Crippen molar-refractivity contribution in [3.63, 3.8) is 0 Å². The van der Waals surface area contributed by atoms with E-state index in [0.29, 0.717) is 17.9 Å². The van der Waals surface area contributed by atoms with Crippen molar-refractivity contribution in [1.29, 1.82) is 0 Å². The van der Waals surface area contributed by atoms with Gasteiger partial charge in [0.25, 0.3) is 5.91 Å². The van der Waals surface area contributed by atoms with E-state index in [0.717, 1.165) is 35.0 Å². The molecule has 1 aromatic heterocycles. The van der Waals surface area contributed by atoms with Crippen molar-refractivity contribution in [2.75, 3.05) is 38.2 Å². The van der Waals surface area contributed by atoms with Crippen LogP contribution < -0.4 is 14.5 Å². The van der Waals surface area contributed by atoms with Crippen molar-refractivity contribution >= 4 is 32.6 Å². The molecule has 154 valence electrons. The Hall–Kier alpha value is -2.44. The van der Waals surface area contributed by atoms with Crippen LogP contribution in [0.4, 0.5) is 5.13 Å². The number of rotatable bonds is 8. The number of amides is 1. The number of nitrogens with zero attached hydrogens (tertiary/aromatic N) is 2. The summed E-state index contributed by atoms with van der Waals surface area (Å²) in [5, 5.41) is 0.743. The molecule has 5 nitrogen and oxygen atoms in total. The molecule has 0 saturated carbocycles. The number of methoxy groups -OCH3 is 1. The number of fused-ring (bicyclic) bond motifs is 1. The molecule has 29 heavy (non-hydrogen) atoms. The zero-order valence-electron chi connectivity index (χ0n) is 17.9. The Morgan fingerprint density at radius 3 is 2.52 bits per heavy atom. The Morgan fingerprint density at radius 2 is 1.83 bits per heavy atom. The summed E-state index contributed by atoms with van der Waals surface area (Å²) in [7, 11) is 1.60. The zero-order chi connectivity index (χ0) is 21.0. The number of aromatic nitrogens is 1. The molecule has 1 heterocycles. The van der Waals surface area contributed by atoms with Gasteiger partial charge in [-0.3, -0.25) is 9.69 Å². The second kappa shape index (κ2) is 9.37. The average Bonchev–Trinajstić information content (AvgIpc) is 3.13. The first-order valence-corrected chi connectivity index (χ1v) is 11.0. The minimum atomic E-state index is -0.0680. The van der Waals surface area contributed by atoms with Gasteiger partial charge in [0.05, 0.1) is 49.1 Å². The Bertz CT molecular complexity index is 956. The summed E-state index contributed by atoms with van der Waals surface area (Å²) in [5.74, 6) is 0.520. The maximum absolute atomic E-state index is 13.5. The lowest BCUT2D eigenvalue weighted by molar-refractivity contribution is -0.894. The highest BCUT2D eigenvalue weighted by molar-refractivity contribution is 7.22. The summed E-state index contributed by atoms with van der Waals surface area (Å²) in [4.78, 5) is 21.6. The Labute approximate surface area is 176 Å².